The molecule has 2 aromatic carbocycles. The molecule has 0 heterocycles. The summed E-state index contributed by atoms with van der Waals surface area (Å²) in [5, 5.41) is 14.3. The molecule has 0 aliphatic heterocycles. The van der Waals surface area contributed by atoms with Crippen LogP contribution in [-0.4, -0.2) is 56.0 Å². The lowest BCUT2D eigenvalue weighted by Crippen LogP contribution is -2.37. The molecule has 0 saturated carbocycles. The fourth-order valence-corrected chi connectivity index (χ4v) is 3.92. The highest BCUT2D eigenvalue weighted by Crippen LogP contribution is 2.44. The number of carboxylic acids is 1. The smallest absolute Gasteiger partial charge is 0.407 e. The van der Waals surface area contributed by atoms with Crippen LogP contribution >= 0.6 is 0 Å². The number of carbonyl (C=O) groups is 3. The van der Waals surface area contributed by atoms with Crippen LogP contribution in [0.4, 0.5) is 4.79 Å². The second-order valence-corrected chi connectivity index (χ2v) is 8.30. The second-order valence-electron chi connectivity index (χ2n) is 8.30. The maximum absolute atomic E-state index is 12.1. The number of aliphatic carboxylic acids is 1. The van der Waals surface area contributed by atoms with Crippen LogP contribution in [0.2, 0.25) is 0 Å². The predicted molar refractivity (Wildman–Crippen MR) is 123 cm³/mol. The molecule has 176 valence electrons. The number of fused-ring (bicyclic) bond motifs is 3. The SMILES string of the molecule is CC(C)C(CNC(=O)COCCNC(=O)OCC1c2ccccc2-c2ccccc21)C(=O)O. The first-order valence-electron chi connectivity index (χ1n) is 11.0. The third-order valence-electron chi connectivity index (χ3n) is 5.73. The van der Waals surface area contributed by atoms with Crippen LogP contribution < -0.4 is 10.6 Å². The van der Waals surface area contributed by atoms with Crippen molar-refractivity contribution in [3.05, 3.63) is 59.7 Å². The predicted octanol–water partition coefficient (Wildman–Crippen LogP) is 3.01. The summed E-state index contributed by atoms with van der Waals surface area (Å²) in [6.45, 7) is 3.96. The van der Waals surface area contributed by atoms with Gasteiger partial charge in [0.25, 0.3) is 0 Å². The fraction of sp³-hybridized carbons (Fsp3) is 0.400. The molecular formula is C25H30N2O6. The van der Waals surface area contributed by atoms with Gasteiger partial charge in [-0.3, -0.25) is 9.59 Å². The van der Waals surface area contributed by atoms with Crippen LogP contribution in [0.25, 0.3) is 11.1 Å². The molecule has 0 saturated heterocycles. The maximum atomic E-state index is 12.1. The van der Waals surface area contributed by atoms with Crippen LogP contribution in [0.1, 0.15) is 30.9 Å². The Hall–Kier alpha value is -3.39. The molecule has 0 bridgehead atoms. The number of alkyl carbamates (subject to hydrolysis) is 1. The zero-order chi connectivity index (χ0) is 23.8. The first kappa shape index (κ1) is 24.3. The summed E-state index contributed by atoms with van der Waals surface area (Å²) in [6, 6.07) is 16.2. The van der Waals surface area contributed by atoms with Crippen molar-refractivity contribution in [3.8, 4) is 11.1 Å². The number of benzene rings is 2. The summed E-state index contributed by atoms with van der Waals surface area (Å²) in [5.74, 6) is -2.10. The number of carbonyl (C=O) groups excluding carboxylic acids is 2. The summed E-state index contributed by atoms with van der Waals surface area (Å²) in [7, 11) is 0. The van der Waals surface area contributed by atoms with E-state index in [-0.39, 0.29) is 44.7 Å². The average Bonchev–Trinajstić information content (AvgIpc) is 3.11. The number of amides is 2. The van der Waals surface area contributed by atoms with E-state index in [1.807, 2.05) is 24.3 Å². The number of rotatable bonds is 11. The minimum absolute atomic E-state index is 0.0106. The van der Waals surface area contributed by atoms with Crippen LogP contribution in [0.15, 0.2) is 48.5 Å². The van der Waals surface area contributed by atoms with Crippen molar-refractivity contribution in [2.75, 3.05) is 32.9 Å². The van der Waals surface area contributed by atoms with Crippen LogP contribution in [0.3, 0.4) is 0 Å². The van der Waals surface area contributed by atoms with Gasteiger partial charge in [0, 0.05) is 19.0 Å². The van der Waals surface area contributed by atoms with Crippen LogP contribution in [0, 0.1) is 11.8 Å². The summed E-state index contributed by atoms with van der Waals surface area (Å²) < 4.78 is 10.7. The molecule has 0 radical (unpaired) electrons. The largest absolute Gasteiger partial charge is 0.481 e. The number of hydrogen-bond acceptors (Lipinski definition) is 5. The maximum Gasteiger partial charge on any atom is 0.407 e. The number of hydrogen-bond donors (Lipinski definition) is 3. The summed E-state index contributed by atoms with van der Waals surface area (Å²) in [4.78, 5) is 35.0. The zero-order valence-corrected chi connectivity index (χ0v) is 18.9. The minimum Gasteiger partial charge on any atom is -0.481 e. The molecule has 1 aliphatic rings. The van der Waals surface area contributed by atoms with E-state index in [4.69, 9.17) is 14.6 Å². The third-order valence-corrected chi connectivity index (χ3v) is 5.73. The normalized spacial score (nSPS) is 13.2. The Bertz CT molecular complexity index is 945. The molecule has 8 heteroatoms. The quantitative estimate of drug-likeness (QED) is 0.450. The molecule has 1 atom stereocenters. The molecule has 3 N–H and O–H groups in total. The molecular weight excluding hydrogens is 424 g/mol. The number of carboxylic acid groups (broad SMARTS) is 1. The van der Waals surface area contributed by atoms with Crippen LogP contribution in [0.5, 0.6) is 0 Å². The Kier molecular flexibility index (Phi) is 8.43. The van der Waals surface area contributed by atoms with E-state index in [1.54, 1.807) is 13.8 Å². The lowest BCUT2D eigenvalue weighted by molar-refractivity contribution is -0.143. The van der Waals surface area contributed by atoms with Gasteiger partial charge in [-0.15, -0.1) is 0 Å². The van der Waals surface area contributed by atoms with Crippen molar-refractivity contribution in [2.24, 2.45) is 11.8 Å². The van der Waals surface area contributed by atoms with Gasteiger partial charge in [0.05, 0.1) is 12.5 Å². The molecule has 8 nitrogen and oxygen atoms in total. The van der Waals surface area contributed by atoms with E-state index in [1.165, 1.54) is 0 Å². The van der Waals surface area contributed by atoms with Crippen molar-refractivity contribution < 1.29 is 29.0 Å². The van der Waals surface area contributed by atoms with Gasteiger partial charge >= 0.3 is 12.1 Å². The van der Waals surface area contributed by atoms with Gasteiger partial charge in [0.2, 0.25) is 5.91 Å². The van der Waals surface area contributed by atoms with Gasteiger partial charge in [-0.25, -0.2) is 4.79 Å². The van der Waals surface area contributed by atoms with Crippen LogP contribution in [-0.2, 0) is 19.1 Å². The van der Waals surface area contributed by atoms with E-state index >= 15 is 0 Å². The lowest BCUT2D eigenvalue weighted by atomic mass is 9.96. The topological polar surface area (TPSA) is 114 Å². The molecule has 1 aliphatic carbocycles. The fourth-order valence-electron chi connectivity index (χ4n) is 3.92. The monoisotopic (exact) mass is 454 g/mol. The molecule has 0 fully saturated rings. The highest BCUT2D eigenvalue weighted by atomic mass is 16.5. The summed E-state index contributed by atoms with van der Waals surface area (Å²) in [5.41, 5.74) is 4.61. The van der Waals surface area contributed by atoms with Gasteiger partial charge in [-0.2, -0.15) is 0 Å². The van der Waals surface area contributed by atoms with Crippen molar-refractivity contribution >= 4 is 18.0 Å². The number of ether oxygens (including phenoxy) is 2. The first-order chi connectivity index (χ1) is 15.9. The summed E-state index contributed by atoms with van der Waals surface area (Å²) in [6.07, 6.45) is -0.550. The van der Waals surface area contributed by atoms with E-state index in [9.17, 15) is 14.4 Å². The van der Waals surface area contributed by atoms with Crippen molar-refractivity contribution in [1.29, 1.82) is 0 Å². The average molecular weight is 455 g/mol. The van der Waals surface area contributed by atoms with Gasteiger partial charge in [-0.1, -0.05) is 62.4 Å². The highest BCUT2D eigenvalue weighted by molar-refractivity contribution is 5.79. The summed E-state index contributed by atoms with van der Waals surface area (Å²) >= 11 is 0. The van der Waals surface area contributed by atoms with E-state index in [2.05, 4.69) is 34.9 Å². The van der Waals surface area contributed by atoms with E-state index in [0.717, 1.165) is 22.3 Å². The Morgan fingerprint density at radius 2 is 1.58 bits per heavy atom. The van der Waals surface area contributed by atoms with E-state index < -0.39 is 23.9 Å². The molecule has 0 spiro atoms. The molecule has 2 aromatic rings. The van der Waals surface area contributed by atoms with Crippen molar-refractivity contribution in [1.82, 2.24) is 10.6 Å². The highest BCUT2D eigenvalue weighted by Gasteiger charge is 2.29. The zero-order valence-electron chi connectivity index (χ0n) is 18.9. The first-order valence-corrected chi connectivity index (χ1v) is 11.0. The third kappa shape index (κ3) is 6.32. The van der Waals surface area contributed by atoms with E-state index in [0.29, 0.717) is 0 Å². The Morgan fingerprint density at radius 3 is 2.15 bits per heavy atom. The molecule has 3 rings (SSSR count). The standard InChI is InChI=1S/C25H30N2O6/c1-16(2)21(24(29)30)13-27-23(28)15-32-12-11-26-25(31)33-14-22-19-9-5-3-7-17(19)18-8-4-6-10-20(18)22/h3-10,16,21-22H,11-15H2,1-2H3,(H,26,31)(H,27,28)(H,29,30). The van der Waals surface area contributed by atoms with Gasteiger partial charge in [0.1, 0.15) is 13.2 Å². The molecule has 2 amide bonds. The Labute approximate surface area is 193 Å². The van der Waals surface area contributed by atoms with Gasteiger partial charge in [-0.05, 0) is 28.2 Å². The van der Waals surface area contributed by atoms with Gasteiger partial charge in [0.15, 0.2) is 0 Å². The van der Waals surface area contributed by atoms with Gasteiger partial charge < -0.3 is 25.2 Å². The second kappa shape index (κ2) is 11.5. The minimum atomic E-state index is -0.946. The Balaban J connectivity index is 1.35. The lowest BCUT2D eigenvalue weighted by Gasteiger charge is -2.16. The van der Waals surface area contributed by atoms with Crippen molar-refractivity contribution in [3.63, 3.8) is 0 Å². The number of nitrogens with one attached hydrogen (secondary N) is 2. The Morgan fingerprint density at radius 1 is 0.970 bits per heavy atom. The molecule has 33 heavy (non-hydrogen) atoms. The molecule has 0 aromatic heterocycles. The van der Waals surface area contributed by atoms with Crippen molar-refractivity contribution in [2.45, 2.75) is 19.8 Å². The molecule has 1 unspecified atom stereocenters.